The van der Waals surface area contributed by atoms with Gasteiger partial charge in [-0.2, -0.15) is 0 Å². The number of hydrogen-bond donors (Lipinski definition) is 0. The molecule has 0 N–H and O–H groups in total. The van der Waals surface area contributed by atoms with Gasteiger partial charge in [-0.1, -0.05) is 42.5 Å². The Hall–Kier alpha value is -2.47. The van der Waals surface area contributed by atoms with Crippen LogP contribution in [0, 0.1) is 10.1 Å². The minimum atomic E-state index is -3.42. The Kier molecular flexibility index (Phi) is 4.49. The molecule has 0 aromatic heterocycles. The molecule has 0 saturated carbocycles. The van der Waals surface area contributed by atoms with Crippen molar-refractivity contribution in [1.82, 2.24) is 0 Å². The highest BCUT2D eigenvalue weighted by Crippen LogP contribution is 2.15. The lowest BCUT2D eigenvalue weighted by atomic mass is 10.2. The second-order valence-corrected chi connectivity index (χ2v) is 6.33. The molecule has 0 aliphatic heterocycles. The Bertz CT molecular complexity index is 767. The molecule has 0 bridgehead atoms. The monoisotopic (exact) mass is 303 g/mol. The van der Waals surface area contributed by atoms with E-state index in [0.717, 1.165) is 5.41 Å². The number of benzene rings is 2. The summed E-state index contributed by atoms with van der Waals surface area (Å²) in [5.41, 5.74) is 1.10. The van der Waals surface area contributed by atoms with Gasteiger partial charge in [-0.25, -0.2) is 8.42 Å². The number of non-ortho nitro benzene ring substituents is 1. The number of nitrogens with zero attached hydrogens (tertiary/aromatic N) is 1. The van der Waals surface area contributed by atoms with E-state index in [1.165, 1.54) is 24.3 Å². The lowest BCUT2D eigenvalue weighted by molar-refractivity contribution is -0.384. The number of rotatable bonds is 5. The fourth-order valence-electron chi connectivity index (χ4n) is 1.78. The molecule has 0 radical (unpaired) electrons. The molecule has 0 amide bonds. The van der Waals surface area contributed by atoms with E-state index in [1.54, 1.807) is 30.3 Å². The lowest BCUT2D eigenvalue weighted by Crippen LogP contribution is -1.99. The zero-order valence-corrected chi connectivity index (χ0v) is 11.9. The van der Waals surface area contributed by atoms with E-state index in [2.05, 4.69) is 0 Å². The van der Waals surface area contributed by atoms with Crippen LogP contribution < -0.4 is 0 Å². The maximum absolute atomic E-state index is 12.0. The number of nitro benzene ring substituents is 1. The zero-order chi connectivity index (χ0) is 15.3. The third-order valence-corrected chi connectivity index (χ3v) is 4.05. The van der Waals surface area contributed by atoms with Crippen LogP contribution >= 0.6 is 0 Å². The summed E-state index contributed by atoms with van der Waals surface area (Å²) in [4.78, 5) is 10.1. The summed E-state index contributed by atoms with van der Waals surface area (Å²) in [5.74, 6) is -0.0979. The van der Waals surface area contributed by atoms with Crippen molar-refractivity contribution >= 4 is 21.6 Å². The van der Waals surface area contributed by atoms with Crippen LogP contribution in [0.4, 0.5) is 5.69 Å². The molecular formula is C15H13NO4S. The summed E-state index contributed by atoms with van der Waals surface area (Å²) < 4.78 is 23.9. The maximum atomic E-state index is 12.0. The summed E-state index contributed by atoms with van der Waals surface area (Å²) in [6, 6.07) is 14.6. The minimum absolute atomic E-state index is 0.0717. The van der Waals surface area contributed by atoms with Crippen LogP contribution in [-0.2, 0) is 15.6 Å². The van der Waals surface area contributed by atoms with Crippen molar-refractivity contribution in [2.75, 3.05) is 0 Å². The first kappa shape index (κ1) is 14.9. The van der Waals surface area contributed by atoms with E-state index in [1.807, 2.05) is 6.07 Å². The number of hydrogen-bond acceptors (Lipinski definition) is 4. The molecule has 2 rings (SSSR count). The fraction of sp³-hybridized carbons (Fsp3) is 0.0667. The third kappa shape index (κ3) is 4.54. The number of nitro groups is 1. The normalized spacial score (nSPS) is 11.6. The van der Waals surface area contributed by atoms with Gasteiger partial charge < -0.3 is 0 Å². The predicted octanol–water partition coefficient (Wildman–Crippen LogP) is 3.18. The topological polar surface area (TPSA) is 77.3 Å². The van der Waals surface area contributed by atoms with Gasteiger partial charge in [0.25, 0.3) is 5.69 Å². The summed E-state index contributed by atoms with van der Waals surface area (Å²) in [6.45, 7) is 0. The van der Waals surface area contributed by atoms with E-state index in [-0.39, 0.29) is 11.4 Å². The molecule has 2 aromatic carbocycles. The van der Waals surface area contributed by atoms with Crippen LogP contribution in [0.25, 0.3) is 6.08 Å². The molecule has 0 spiro atoms. The van der Waals surface area contributed by atoms with Crippen molar-refractivity contribution in [3.8, 4) is 0 Å². The molecule has 0 atom stereocenters. The molecule has 0 aliphatic rings. The van der Waals surface area contributed by atoms with Gasteiger partial charge >= 0.3 is 0 Å². The molecule has 21 heavy (non-hydrogen) atoms. The largest absolute Gasteiger partial charge is 0.270 e. The first-order chi connectivity index (χ1) is 9.96. The quantitative estimate of drug-likeness (QED) is 0.628. The molecule has 5 nitrogen and oxygen atoms in total. The highest BCUT2D eigenvalue weighted by atomic mass is 32.2. The molecular weight excluding hydrogens is 290 g/mol. The van der Waals surface area contributed by atoms with Crippen LogP contribution in [0.15, 0.2) is 60.0 Å². The van der Waals surface area contributed by atoms with Crippen molar-refractivity contribution in [2.45, 2.75) is 5.75 Å². The second kappa shape index (κ2) is 6.32. The first-order valence-corrected chi connectivity index (χ1v) is 7.87. The van der Waals surface area contributed by atoms with Crippen molar-refractivity contribution in [1.29, 1.82) is 0 Å². The molecule has 0 aliphatic carbocycles. The van der Waals surface area contributed by atoms with Crippen molar-refractivity contribution < 1.29 is 13.3 Å². The summed E-state index contributed by atoms with van der Waals surface area (Å²) in [5, 5.41) is 11.7. The van der Waals surface area contributed by atoms with Gasteiger partial charge in [-0.3, -0.25) is 10.1 Å². The van der Waals surface area contributed by atoms with Gasteiger partial charge in [-0.15, -0.1) is 0 Å². The fourth-order valence-corrected chi connectivity index (χ4v) is 2.90. The Morgan fingerprint density at radius 3 is 2.43 bits per heavy atom. The predicted molar refractivity (Wildman–Crippen MR) is 81.2 cm³/mol. The minimum Gasteiger partial charge on any atom is -0.258 e. The van der Waals surface area contributed by atoms with Crippen LogP contribution in [0.2, 0.25) is 0 Å². The summed E-state index contributed by atoms with van der Waals surface area (Å²) in [6.07, 6.45) is 1.37. The lowest BCUT2D eigenvalue weighted by Gasteiger charge is -1.99. The van der Waals surface area contributed by atoms with Crippen molar-refractivity contribution in [3.63, 3.8) is 0 Å². The highest BCUT2D eigenvalue weighted by molar-refractivity contribution is 7.93. The van der Waals surface area contributed by atoms with Gasteiger partial charge in [-0.05, 0) is 17.2 Å². The molecule has 0 saturated heterocycles. The molecule has 0 fully saturated rings. The summed E-state index contributed by atoms with van der Waals surface area (Å²) in [7, 11) is -3.42. The van der Waals surface area contributed by atoms with Gasteiger partial charge in [0.15, 0.2) is 9.84 Å². The van der Waals surface area contributed by atoms with Crippen LogP contribution in [-0.4, -0.2) is 13.3 Å². The van der Waals surface area contributed by atoms with E-state index in [9.17, 15) is 18.5 Å². The number of sulfone groups is 1. The van der Waals surface area contributed by atoms with E-state index >= 15 is 0 Å². The summed E-state index contributed by atoms with van der Waals surface area (Å²) >= 11 is 0. The smallest absolute Gasteiger partial charge is 0.258 e. The Balaban J connectivity index is 2.16. The average Bonchev–Trinajstić information content (AvgIpc) is 2.46. The van der Waals surface area contributed by atoms with E-state index < -0.39 is 14.8 Å². The molecule has 2 aromatic rings. The standard InChI is InChI=1S/C15H13NO4S/c17-16(18)15-8-4-7-13(11-15)9-10-21(19,20)12-14-5-2-1-3-6-14/h1-11H,12H2. The SMILES string of the molecule is O=[N+]([O-])c1cccc(C=CS(=O)(=O)Cc2ccccc2)c1. The molecule has 108 valence electrons. The molecule has 0 heterocycles. The molecule has 0 unspecified atom stereocenters. The van der Waals surface area contributed by atoms with Gasteiger partial charge in [0.05, 0.1) is 10.7 Å². The highest BCUT2D eigenvalue weighted by Gasteiger charge is 2.08. The van der Waals surface area contributed by atoms with Crippen LogP contribution in [0.1, 0.15) is 11.1 Å². The van der Waals surface area contributed by atoms with Crippen molar-refractivity contribution in [2.24, 2.45) is 0 Å². The first-order valence-electron chi connectivity index (χ1n) is 6.15. The Morgan fingerprint density at radius 1 is 1.05 bits per heavy atom. The Labute approximate surface area is 122 Å². The van der Waals surface area contributed by atoms with Crippen LogP contribution in [0.5, 0.6) is 0 Å². The Morgan fingerprint density at radius 2 is 1.76 bits per heavy atom. The van der Waals surface area contributed by atoms with E-state index in [4.69, 9.17) is 0 Å². The maximum Gasteiger partial charge on any atom is 0.270 e. The molecule has 6 heteroatoms. The van der Waals surface area contributed by atoms with Gasteiger partial charge in [0.1, 0.15) is 0 Å². The van der Waals surface area contributed by atoms with Gasteiger partial charge in [0, 0.05) is 17.5 Å². The van der Waals surface area contributed by atoms with E-state index in [0.29, 0.717) is 11.1 Å². The second-order valence-electron chi connectivity index (χ2n) is 4.45. The van der Waals surface area contributed by atoms with Gasteiger partial charge in [0.2, 0.25) is 0 Å². The van der Waals surface area contributed by atoms with Crippen molar-refractivity contribution in [3.05, 3.63) is 81.2 Å². The third-order valence-electron chi connectivity index (χ3n) is 2.76. The zero-order valence-electron chi connectivity index (χ0n) is 11.0. The average molecular weight is 303 g/mol. The van der Waals surface area contributed by atoms with Crippen LogP contribution in [0.3, 0.4) is 0 Å².